The maximum absolute atomic E-state index is 13.1. The van der Waals surface area contributed by atoms with Crippen molar-refractivity contribution in [2.45, 2.75) is 33.6 Å². The Hall–Kier alpha value is -4.14. The first kappa shape index (κ1) is 23.5. The molecule has 0 saturated heterocycles. The summed E-state index contributed by atoms with van der Waals surface area (Å²) in [5.41, 5.74) is -1.67. The normalized spacial score (nSPS) is 10.7. The fourth-order valence-corrected chi connectivity index (χ4v) is 3.55. The number of carbonyl (C=O) groups excluding carboxylic acids is 2. The van der Waals surface area contributed by atoms with Gasteiger partial charge < -0.3 is 23.0 Å². The summed E-state index contributed by atoms with van der Waals surface area (Å²) in [5.74, 6) is -2.11. The highest BCUT2D eigenvalue weighted by molar-refractivity contribution is 5.72. The van der Waals surface area contributed by atoms with E-state index < -0.39 is 29.1 Å². The third-order valence-electron chi connectivity index (χ3n) is 4.68. The van der Waals surface area contributed by atoms with E-state index in [1.807, 2.05) is 0 Å². The Kier molecular flexibility index (Phi) is 6.81. The van der Waals surface area contributed by atoms with Crippen molar-refractivity contribution < 1.29 is 32.6 Å². The molecule has 172 valence electrons. The Bertz CT molecular complexity index is 1250. The van der Waals surface area contributed by atoms with Crippen LogP contribution < -0.4 is 25.5 Å². The number of benzene rings is 1. The summed E-state index contributed by atoms with van der Waals surface area (Å²) in [7, 11) is 1.42. The minimum atomic E-state index is -1.22. The summed E-state index contributed by atoms with van der Waals surface area (Å²) in [4.78, 5) is 49.8. The molecule has 0 radical (unpaired) electrons. The van der Waals surface area contributed by atoms with Crippen LogP contribution in [-0.2, 0) is 9.59 Å². The third-order valence-corrected chi connectivity index (χ3v) is 4.68. The maximum Gasteiger partial charge on any atom is 0.343 e. The number of ether oxygens (including phenoxy) is 3. The second-order valence-electron chi connectivity index (χ2n) is 7.21. The number of aryl methyl sites for hydroxylation is 2. The molecule has 0 fully saturated rings. The third kappa shape index (κ3) is 5.03. The molecule has 0 atom stereocenters. The standard InChI is InChI=1S/C24H22O9/c1-12-10-18(32-14(3)25)21(23(27)30-12)20(16-8-6-7-9-17(16)29-5)22-19(33-15(4)26)11-13(2)31-24(22)28/h6-11,20H,1-5H3. The van der Waals surface area contributed by atoms with E-state index in [2.05, 4.69) is 0 Å². The van der Waals surface area contributed by atoms with E-state index in [4.69, 9.17) is 23.0 Å². The summed E-state index contributed by atoms with van der Waals surface area (Å²) < 4.78 is 26.6. The van der Waals surface area contributed by atoms with Crippen LogP contribution in [0.15, 0.2) is 54.8 Å². The Morgan fingerprint density at radius 3 is 1.67 bits per heavy atom. The number of carbonyl (C=O) groups is 2. The molecule has 3 aromatic rings. The van der Waals surface area contributed by atoms with Gasteiger partial charge in [0, 0.05) is 31.5 Å². The van der Waals surface area contributed by atoms with Crippen molar-refractivity contribution in [1.82, 2.24) is 0 Å². The summed E-state index contributed by atoms with van der Waals surface area (Å²) in [6.07, 6.45) is 0. The summed E-state index contributed by atoms with van der Waals surface area (Å²) in [6, 6.07) is 9.36. The predicted octanol–water partition coefficient (Wildman–Crippen LogP) is 3.25. The van der Waals surface area contributed by atoms with Crippen LogP contribution in [0.1, 0.15) is 48.0 Å². The zero-order valence-corrected chi connectivity index (χ0v) is 18.7. The number of esters is 2. The predicted molar refractivity (Wildman–Crippen MR) is 116 cm³/mol. The zero-order valence-electron chi connectivity index (χ0n) is 18.7. The minimum Gasteiger partial charge on any atom is -0.496 e. The summed E-state index contributed by atoms with van der Waals surface area (Å²) >= 11 is 0. The van der Waals surface area contributed by atoms with Crippen LogP contribution in [0.2, 0.25) is 0 Å². The minimum absolute atomic E-state index is 0.110. The number of hydrogen-bond donors (Lipinski definition) is 0. The van der Waals surface area contributed by atoms with Crippen molar-refractivity contribution in [2.75, 3.05) is 7.11 Å². The first-order valence-corrected chi connectivity index (χ1v) is 9.91. The SMILES string of the molecule is COc1ccccc1C(c1c(OC(C)=O)cc(C)oc1=O)c1c(OC(C)=O)cc(C)oc1=O. The fourth-order valence-electron chi connectivity index (χ4n) is 3.55. The number of rotatable bonds is 6. The molecule has 0 N–H and O–H groups in total. The van der Waals surface area contributed by atoms with Crippen molar-refractivity contribution in [2.24, 2.45) is 0 Å². The number of methoxy groups -OCH3 is 1. The largest absolute Gasteiger partial charge is 0.496 e. The van der Waals surface area contributed by atoms with Crippen molar-refractivity contribution in [3.63, 3.8) is 0 Å². The lowest BCUT2D eigenvalue weighted by molar-refractivity contribution is -0.132. The molecule has 9 nitrogen and oxygen atoms in total. The molecule has 9 heteroatoms. The lowest BCUT2D eigenvalue weighted by Crippen LogP contribution is -2.24. The van der Waals surface area contributed by atoms with Gasteiger partial charge in [-0.1, -0.05) is 18.2 Å². The molecule has 2 heterocycles. The first-order chi connectivity index (χ1) is 15.6. The molecule has 0 bridgehead atoms. The smallest absolute Gasteiger partial charge is 0.343 e. The van der Waals surface area contributed by atoms with Crippen LogP contribution in [0.5, 0.6) is 17.2 Å². The molecule has 0 unspecified atom stereocenters. The molecule has 33 heavy (non-hydrogen) atoms. The zero-order chi connectivity index (χ0) is 24.3. The monoisotopic (exact) mass is 454 g/mol. The van der Waals surface area contributed by atoms with Gasteiger partial charge in [-0.25, -0.2) is 9.59 Å². The molecule has 0 saturated carbocycles. The average Bonchev–Trinajstić information content (AvgIpc) is 2.70. The first-order valence-electron chi connectivity index (χ1n) is 9.91. The van der Waals surface area contributed by atoms with Crippen LogP contribution in [0.3, 0.4) is 0 Å². The van der Waals surface area contributed by atoms with Gasteiger partial charge >= 0.3 is 23.2 Å². The molecule has 0 aliphatic rings. The van der Waals surface area contributed by atoms with Crippen LogP contribution >= 0.6 is 0 Å². The van der Waals surface area contributed by atoms with Gasteiger partial charge in [-0.2, -0.15) is 0 Å². The lowest BCUT2D eigenvalue weighted by atomic mass is 9.85. The topological polar surface area (TPSA) is 122 Å². The number of para-hydroxylation sites is 1. The molecule has 0 aliphatic heterocycles. The van der Waals surface area contributed by atoms with E-state index in [0.717, 1.165) is 0 Å². The highest BCUT2D eigenvalue weighted by Crippen LogP contribution is 2.42. The Morgan fingerprint density at radius 1 is 0.788 bits per heavy atom. The molecule has 0 spiro atoms. The molecule has 0 amide bonds. The van der Waals surface area contributed by atoms with Crippen molar-refractivity contribution >= 4 is 11.9 Å². The molecule has 1 aromatic carbocycles. The lowest BCUT2D eigenvalue weighted by Gasteiger charge is -2.22. The molecule has 3 rings (SSSR count). The van der Waals surface area contributed by atoms with Crippen molar-refractivity contribution in [3.8, 4) is 17.2 Å². The summed E-state index contributed by atoms with van der Waals surface area (Å²) in [5, 5.41) is 0. The van der Waals surface area contributed by atoms with Gasteiger partial charge in [0.2, 0.25) is 0 Å². The van der Waals surface area contributed by atoms with E-state index in [1.54, 1.807) is 24.3 Å². The molecule has 2 aromatic heterocycles. The molecule has 0 aliphatic carbocycles. The van der Waals surface area contributed by atoms with E-state index in [0.29, 0.717) is 11.3 Å². The van der Waals surface area contributed by atoms with E-state index >= 15 is 0 Å². The highest BCUT2D eigenvalue weighted by atomic mass is 16.5. The van der Waals surface area contributed by atoms with Crippen molar-refractivity contribution in [3.05, 3.63) is 85.4 Å². The number of hydrogen-bond acceptors (Lipinski definition) is 9. The van der Waals surface area contributed by atoms with Gasteiger partial charge in [0.05, 0.1) is 24.2 Å². The van der Waals surface area contributed by atoms with Gasteiger partial charge in [-0.05, 0) is 19.9 Å². The van der Waals surface area contributed by atoms with Gasteiger partial charge in [0.25, 0.3) is 0 Å². The average molecular weight is 454 g/mol. The Labute approximate surface area is 188 Å². The van der Waals surface area contributed by atoms with Gasteiger partial charge in [-0.15, -0.1) is 0 Å². The molecular formula is C24H22O9. The Morgan fingerprint density at radius 2 is 1.24 bits per heavy atom. The van der Waals surface area contributed by atoms with E-state index in [9.17, 15) is 19.2 Å². The van der Waals surface area contributed by atoms with E-state index in [1.165, 1.54) is 46.9 Å². The van der Waals surface area contributed by atoms with Gasteiger partial charge in [0.1, 0.15) is 28.8 Å². The Balaban J connectivity index is 2.49. The van der Waals surface area contributed by atoms with Crippen LogP contribution in [0.4, 0.5) is 0 Å². The second kappa shape index (κ2) is 9.56. The van der Waals surface area contributed by atoms with Crippen molar-refractivity contribution in [1.29, 1.82) is 0 Å². The second-order valence-corrected chi connectivity index (χ2v) is 7.21. The quantitative estimate of drug-likeness (QED) is 0.517. The van der Waals surface area contributed by atoms with Gasteiger partial charge in [-0.3, -0.25) is 9.59 Å². The fraction of sp³-hybridized carbons (Fsp3) is 0.250. The van der Waals surface area contributed by atoms with Gasteiger partial charge in [0.15, 0.2) is 0 Å². The summed E-state index contributed by atoms with van der Waals surface area (Å²) in [6.45, 7) is 5.38. The molecular weight excluding hydrogens is 432 g/mol. The van der Waals surface area contributed by atoms with Crippen LogP contribution in [-0.4, -0.2) is 19.0 Å². The van der Waals surface area contributed by atoms with Crippen LogP contribution in [0.25, 0.3) is 0 Å². The highest BCUT2D eigenvalue weighted by Gasteiger charge is 2.34. The maximum atomic E-state index is 13.1. The van der Waals surface area contributed by atoms with E-state index in [-0.39, 0.29) is 34.1 Å². The van der Waals surface area contributed by atoms with Crippen LogP contribution in [0, 0.1) is 13.8 Å².